The number of esters is 1. The number of amides is 1. The number of aromatic nitrogens is 1. The number of carbonyl (C=O) groups is 2. The van der Waals surface area contributed by atoms with Gasteiger partial charge in [-0.05, 0) is 38.2 Å². The Morgan fingerprint density at radius 3 is 2.81 bits per heavy atom. The van der Waals surface area contributed by atoms with Crippen LogP contribution in [-0.4, -0.2) is 40.5 Å². The highest BCUT2D eigenvalue weighted by Gasteiger charge is 2.62. The highest BCUT2D eigenvalue weighted by atomic mass is 16.5. The predicted molar refractivity (Wildman–Crippen MR) is 93.3 cm³/mol. The van der Waals surface area contributed by atoms with Crippen molar-refractivity contribution in [1.29, 1.82) is 0 Å². The van der Waals surface area contributed by atoms with E-state index >= 15 is 0 Å². The molecular formula is C20H22N2O4. The summed E-state index contributed by atoms with van der Waals surface area (Å²) in [5, 5.41) is 0. The fraction of sp³-hybridized carbons (Fsp3) is 0.450. The highest BCUT2D eigenvalue weighted by molar-refractivity contribution is 5.93. The third-order valence-corrected chi connectivity index (χ3v) is 5.66. The summed E-state index contributed by atoms with van der Waals surface area (Å²) in [6.45, 7) is 2.15. The van der Waals surface area contributed by atoms with Crippen LogP contribution in [0, 0.1) is 5.41 Å². The molecule has 0 saturated carbocycles. The molecule has 2 aromatic rings. The van der Waals surface area contributed by atoms with Gasteiger partial charge in [0.1, 0.15) is 0 Å². The van der Waals surface area contributed by atoms with Gasteiger partial charge in [0.05, 0.1) is 18.2 Å². The van der Waals surface area contributed by atoms with Gasteiger partial charge in [-0.25, -0.2) is 4.98 Å². The lowest BCUT2D eigenvalue weighted by Gasteiger charge is -2.35. The molecule has 6 nitrogen and oxygen atoms in total. The summed E-state index contributed by atoms with van der Waals surface area (Å²) in [6, 6.07) is 9.80. The fourth-order valence-corrected chi connectivity index (χ4v) is 4.65. The first-order valence-electron chi connectivity index (χ1n) is 9.08. The number of hydrogen-bond donors (Lipinski definition) is 0. The predicted octanol–water partition coefficient (Wildman–Crippen LogP) is 2.84. The van der Waals surface area contributed by atoms with Gasteiger partial charge in [-0.15, -0.1) is 0 Å². The molecule has 1 amide bonds. The molecule has 4 rings (SSSR count). The molecule has 3 heterocycles. The Kier molecular flexibility index (Phi) is 4.26. The van der Waals surface area contributed by atoms with E-state index in [0.29, 0.717) is 19.4 Å². The molecule has 0 unspecified atom stereocenters. The van der Waals surface area contributed by atoms with Gasteiger partial charge in [0, 0.05) is 12.1 Å². The van der Waals surface area contributed by atoms with Gasteiger partial charge >= 0.3 is 5.97 Å². The molecule has 1 aromatic heterocycles. The summed E-state index contributed by atoms with van der Waals surface area (Å²) in [6.07, 6.45) is 5.60. The molecule has 3 atom stereocenters. The Morgan fingerprint density at radius 2 is 2.12 bits per heavy atom. The zero-order chi connectivity index (χ0) is 18.1. The van der Waals surface area contributed by atoms with E-state index in [9.17, 15) is 9.59 Å². The smallest absolute Gasteiger partial charge is 0.314 e. The van der Waals surface area contributed by atoms with Crippen molar-refractivity contribution in [1.82, 2.24) is 9.88 Å². The minimum Gasteiger partial charge on any atom is -0.465 e. The van der Waals surface area contributed by atoms with Crippen LogP contribution < -0.4 is 0 Å². The van der Waals surface area contributed by atoms with E-state index in [1.807, 2.05) is 42.2 Å². The van der Waals surface area contributed by atoms with Crippen molar-refractivity contribution in [3.8, 4) is 0 Å². The molecule has 0 N–H and O–H groups in total. The Bertz CT molecular complexity index is 789. The Hall–Kier alpha value is -2.63. The summed E-state index contributed by atoms with van der Waals surface area (Å²) >= 11 is 0. The maximum absolute atomic E-state index is 13.0. The van der Waals surface area contributed by atoms with Gasteiger partial charge in [0.25, 0.3) is 5.91 Å². The Morgan fingerprint density at radius 1 is 1.31 bits per heavy atom. The lowest BCUT2D eigenvalue weighted by molar-refractivity contribution is -0.157. The van der Waals surface area contributed by atoms with Crippen LogP contribution in [0.5, 0.6) is 0 Å². The van der Waals surface area contributed by atoms with Gasteiger partial charge in [0.15, 0.2) is 6.39 Å². The van der Waals surface area contributed by atoms with E-state index in [1.165, 1.54) is 12.6 Å². The largest absolute Gasteiger partial charge is 0.465 e. The quantitative estimate of drug-likeness (QED) is 0.772. The lowest BCUT2D eigenvalue weighted by atomic mass is 9.70. The average molecular weight is 354 g/mol. The second-order valence-corrected chi connectivity index (χ2v) is 7.07. The number of hydrogen-bond acceptors (Lipinski definition) is 5. The molecule has 0 spiro atoms. The molecule has 26 heavy (non-hydrogen) atoms. The Labute approximate surface area is 152 Å². The van der Waals surface area contributed by atoms with E-state index in [1.54, 1.807) is 0 Å². The molecule has 2 aliphatic heterocycles. The van der Waals surface area contributed by atoms with Crippen LogP contribution >= 0.6 is 0 Å². The number of oxazole rings is 1. The summed E-state index contributed by atoms with van der Waals surface area (Å²) in [5.74, 6) is -0.165. The topological polar surface area (TPSA) is 72.6 Å². The van der Waals surface area contributed by atoms with Gasteiger partial charge in [-0.1, -0.05) is 30.3 Å². The molecule has 0 radical (unpaired) electrons. The van der Waals surface area contributed by atoms with Crippen molar-refractivity contribution in [2.45, 2.75) is 44.7 Å². The highest BCUT2D eigenvalue weighted by Crippen LogP contribution is 2.52. The first-order valence-corrected chi connectivity index (χ1v) is 9.08. The maximum atomic E-state index is 13.0. The summed E-state index contributed by atoms with van der Waals surface area (Å²) < 4.78 is 10.7. The van der Waals surface area contributed by atoms with Crippen molar-refractivity contribution in [3.63, 3.8) is 0 Å². The van der Waals surface area contributed by atoms with E-state index in [2.05, 4.69) is 4.98 Å². The monoisotopic (exact) mass is 354 g/mol. The Balaban J connectivity index is 1.69. The van der Waals surface area contributed by atoms with Crippen molar-refractivity contribution < 1.29 is 18.7 Å². The minimum absolute atomic E-state index is 0.0331. The summed E-state index contributed by atoms with van der Waals surface area (Å²) in [7, 11) is 0. The number of fused-ring (bicyclic) bond motifs is 2. The average Bonchev–Trinajstić information content (AvgIpc) is 3.38. The third kappa shape index (κ3) is 2.60. The van der Waals surface area contributed by atoms with Crippen LogP contribution in [0.25, 0.3) is 0 Å². The maximum Gasteiger partial charge on any atom is 0.314 e. The van der Waals surface area contributed by atoms with E-state index < -0.39 is 5.41 Å². The second kappa shape index (κ2) is 6.59. The molecule has 0 aliphatic carbocycles. The lowest BCUT2D eigenvalue weighted by Crippen LogP contribution is -2.47. The van der Waals surface area contributed by atoms with Crippen molar-refractivity contribution in [3.05, 3.63) is 54.2 Å². The number of nitrogens with zero attached hydrogens (tertiary/aromatic N) is 2. The van der Waals surface area contributed by atoms with Crippen LogP contribution in [0.4, 0.5) is 0 Å². The summed E-state index contributed by atoms with van der Waals surface area (Å²) in [5.41, 5.74) is 0.385. The van der Waals surface area contributed by atoms with Crippen molar-refractivity contribution >= 4 is 11.9 Å². The van der Waals surface area contributed by atoms with Gasteiger partial charge in [-0.3, -0.25) is 9.59 Å². The second-order valence-electron chi connectivity index (χ2n) is 7.07. The van der Waals surface area contributed by atoms with E-state index in [0.717, 1.165) is 18.4 Å². The normalized spacial score (nSPS) is 26.9. The van der Waals surface area contributed by atoms with Crippen LogP contribution in [0.2, 0.25) is 0 Å². The zero-order valence-corrected chi connectivity index (χ0v) is 14.8. The first kappa shape index (κ1) is 16.8. The number of rotatable bonds is 5. The van der Waals surface area contributed by atoms with Gasteiger partial charge in [0.2, 0.25) is 5.76 Å². The number of ether oxygens (including phenoxy) is 1. The zero-order valence-electron chi connectivity index (χ0n) is 14.8. The van der Waals surface area contributed by atoms with Gasteiger partial charge in [-0.2, -0.15) is 0 Å². The molecule has 136 valence electrons. The molecule has 2 bridgehead atoms. The van der Waals surface area contributed by atoms with Crippen molar-refractivity contribution in [2.24, 2.45) is 5.41 Å². The molecular weight excluding hydrogens is 332 g/mol. The molecule has 6 heteroatoms. The SMILES string of the molecule is CCOC(=O)[C@@]1(Cc2ccccc2)C[C@H]2CC[C@@H]1N2C(=O)c1cnco1. The van der Waals surface area contributed by atoms with E-state index in [4.69, 9.17) is 9.15 Å². The van der Waals surface area contributed by atoms with E-state index in [-0.39, 0.29) is 29.7 Å². The number of carbonyl (C=O) groups excluding carboxylic acids is 2. The van der Waals surface area contributed by atoms with Crippen LogP contribution in [0.1, 0.15) is 42.3 Å². The third-order valence-electron chi connectivity index (χ3n) is 5.66. The molecule has 2 fully saturated rings. The molecule has 2 aliphatic rings. The van der Waals surface area contributed by atoms with Crippen LogP contribution in [0.3, 0.4) is 0 Å². The molecule has 1 aromatic carbocycles. The first-order chi connectivity index (χ1) is 12.7. The van der Waals surface area contributed by atoms with Crippen LogP contribution in [-0.2, 0) is 16.0 Å². The standard InChI is InChI=1S/C20H22N2O4/c1-2-25-19(24)20(10-14-6-4-3-5-7-14)11-15-8-9-17(20)22(15)18(23)16-12-21-13-26-16/h3-7,12-13,15,17H,2,8-11H2,1H3/t15-,17+,20+/m1/s1. The van der Waals surface area contributed by atoms with Crippen molar-refractivity contribution in [2.75, 3.05) is 6.61 Å². The fourth-order valence-electron chi connectivity index (χ4n) is 4.65. The minimum atomic E-state index is -0.698. The van der Waals surface area contributed by atoms with Crippen LogP contribution in [0.15, 0.2) is 47.3 Å². The van der Waals surface area contributed by atoms with Gasteiger partial charge < -0.3 is 14.1 Å². The number of benzene rings is 1. The summed E-state index contributed by atoms with van der Waals surface area (Å²) in [4.78, 5) is 31.6. The molecule has 2 saturated heterocycles.